The number of carbonyl (C=O) groups excluding carboxylic acids is 1. The first-order chi connectivity index (χ1) is 14.2. The van der Waals surface area contributed by atoms with Crippen molar-refractivity contribution in [1.29, 1.82) is 0 Å². The molecule has 3 aromatic heterocycles. The van der Waals surface area contributed by atoms with Gasteiger partial charge in [-0.25, -0.2) is 9.97 Å². The molecule has 1 aromatic carbocycles. The number of H-pyrrole nitrogens is 1. The number of aromatic amines is 1. The standard InChI is InChI=1S/C20H20ClN7O/c1-22-20(29)15-8-11(9-24-15)26-18-19-23-6-7-28(19)17(21)16(27-18)13-10-25-14-5-3-2-4-12(13)14/h2-7,10-11,15,24-25H,8-9H2,1H3,(H,22,29)(H,26,27)/t11-,15-/m0/s1. The minimum absolute atomic E-state index is 0.0104. The van der Waals surface area contributed by atoms with Crippen LogP contribution in [0.3, 0.4) is 0 Å². The summed E-state index contributed by atoms with van der Waals surface area (Å²) in [5.74, 6) is 0.632. The van der Waals surface area contributed by atoms with Crippen LogP contribution in [0.15, 0.2) is 42.9 Å². The van der Waals surface area contributed by atoms with E-state index in [2.05, 4.69) is 25.9 Å². The van der Waals surface area contributed by atoms with Crippen LogP contribution in [0.25, 0.3) is 27.8 Å². The Hall–Kier alpha value is -3.10. The van der Waals surface area contributed by atoms with Crippen molar-refractivity contribution in [2.45, 2.75) is 18.5 Å². The lowest BCUT2D eigenvalue weighted by Gasteiger charge is -2.15. The normalized spacial score (nSPS) is 19.1. The van der Waals surface area contributed by atoms with E-state index in [4.69, 9.17) is 16.6 Å². The highest BCUT2D eigenvalue weighted by Gasteiger charge is 2.30. The molecule has 0 saturated carbocycles. The number of hydrogen-bond acceptors (Lipinski definition) is 5. The second-order valence-corrected chi connectivity index (χ2v) is 7.48. The summed E-state index contributed by atoms with van der Waals surface area (Å²) in [6.07, 6.45) is 6.11. The highest BCUT2D eigenvalue weighted by molar-refractivity contribution is 6.32. The Labute approximate surface area is 171 Å². The van der Waals surface area contributed by atoms with Gasteiger partial charge in [-0.3, -0.25) is 9.20 Å². The molecule has 8 nitrogen and oxygen atoms in total. The van der Waals surface area contributed by atoms with E-state index in [0.29, 0.717) is 35.3 Å². The number of nitrogens with zero attached hydrogens (tertiary/aromatic N) is 3. The van der Waals surface area contributed by atoms with Crippen molar-refractivity contribution < 1.29 is 4.79 Å². The molecular weight excluding hydrogens is 390 g/mol. The fourth-order valence-electron chi connectivity index (χ4n) is 3.91. The summed E-state index contributed by atoms with van der Waals surface area (Å²) < 4.78 is 1.83. The first kappa shape index (κ1) is 18.0. The third-order valence-corrected chi connectivity index (χ3v) is 5.72. The molecular formula is C20H20ClN7O. The van der Waals surface area contributed by atoms with Crippen LogP contribution in [0.4, 0.5) is 5.82 Å². The van der Waals surface area contributed by atoms with E-state index in [9.17, 15) is 4.79 Å². The number of nitrogens with one attached hydrogen (secondary N) is 4. The van der Waals surface area contributed by atoms with Gasteiger partial charge in [0.25, 0.3) is 0 Å². The molecule has 1 aliphatic rings. The molecule has 0 aliphatic carbocycles. The average molecular weight is 410 g/mol. The van der Waals surface area contributed by atoms with E-state index in [0.717, 1.165) is 16.5 Å². The number of aromatic nitrogens is 4. The number of fused-ring (bicyclic) bond motifs is 2. The topological polar surface area (TPSA) is 99.1 Å². The number of carbonyl (C=O) groups is 1. The van der Waals surface area contributed by atoms with Crippen molar-refractivity contribution in [3.8, 4) is 11.3 Å². The van der Waals surface area contributed by atoms with E-state index in [1.165, 1.54) is 0 Å². The zero-order valence-corrected chi connectivity index (χ0v) is 16.5. The molecule has 1 fully saturated rings. The number of anilines is 1. The van der Waals surface area contributed by atoms with Crippen LogP contribution >= 0.6 is 11.6 Å². The first-order valence-corrected chi connectivity index (χ1v) is 9.84. The highest BCUT2D eigenvalue weighted by atomic mass is 35.5. The summed E-state index contributed by atoms with van der Waals surface area (Å²) in [7, 11) is 1.65. The second kappa shape index (κ2) is 7.06. The van der Waals surface area contributed by atoms with Crippen molar-refractivity contribution in [2.75, 3.05) is 18.9 Å². The maximum Gasteiger partial charge on any atom is 0.236 e. The van der Waals surface area contributed by atoms with Crippen molar-refractivity contribution in [3.05, 3.63) is 48.0 Å². The minimum atomic E-state index is -0.214. The highest BCUT2D eigenvalue weighted by Crippen LogP contribution is 2.34. The van der Waals surface area contributed by atoms with Crippen molar-refractivity contribution in [2.24, 2.45) is 0 Å². The summed E-state index contributed by atoms with van der Waals surface area (Å²) in [5, 5.41) is 10.9. The number of hydrogen-bond donors (Lipinski definition) is 4. The molecule has 0 radical (unpaired) electrons. The predicted octanol–water partition coefficient (Wildman–Crippen LogP) is 2.42. The fraction of sp³-hybridized carbons (Fsp3) is 0.250. The molecule has 0 bridgehead atoms. The minimum Gasteiger partial charge on any atom is -0.363 e. The monoisotopic (exact) mass is 409 g/mol. The van der Waals surface area contributed by atoms with Gasteiger partial charge in [-0.1, -0.05) is 29.8 Å². The number of amides is 1. The Morgan fingerprint density at radius 2 is 2.21 bits per heavy atom. The SMILES string of the molecule is CNC(=O)[C@@H]1C[C@H](Nc2nc(-c3c[nH]c4ccccc34)c(Cl)n3ccnc23)CN1. The van der Waals surface area contributed by atoms with Gasteiger partial charge in [0.1, 0.15) is 10.8 Å². The first-order valence-electron chi connectivity index (χ1n) is 9.46. The van der Waals surface area contributed by atoms with Crippen molar-refractivity contribution >= 4 is 39.9 Å². The molecule has 29 heavy (non-hydrogen) atoms. The Balaban J connectivity index is 1.56. The van der Waals surface area contributed by atoms with Gasteiger partial charge in [0.15, 0.2) is 11.5 Å². The van der Waals surface area contributed by atoms with Crippen LogP contribution in [0.1, 0.15) is 6.42 Å². The molecule has 5 rings (SSSR count). The zero-order chi connectivity index (χ0) is 20.0. The van der Waals surface area contributed by atoms with Crippen LogP contribution < -0.4 is 16.0 Å². The number of imidazole rings is 1. The largest absolute Gasteiger partial charge is 0.363 e. The fourth-order valence-corrected chi connectivity index (χ4v) is 4.19. The van der Waals surface area contributed by atoms with Gasteiger partial charge in [0.05, 0.1) is 6.04 Å². The number of rotatable bonds is 4. The Morgan fingerprint density at radius 1 is 1.34 bits per heavy atom. The van der Waals surface area contributed by atoms with Gasteiger partial charge >= 0.3 is 0 Å². The van der Waals surface area contributed by atoms with E-state index < -0.39 is 0 Å². The average Bonchev–Trinajstić information content (AvgIpc) is 3.49. The number of likely N-dealkylation sites (N-methyl/N-ethyl adjacent to an activating group) is 1. The van der Waals surface area contributed by atoms with Gasteiger partial charge in [0, 0.05) is 54.7 Å². The summed E-state index contributed by atoms with van der Waals surface area (Å²) in [6.45, 7) is 0.664. The van der Waals surface area contributed by atoms with E-state index in [1.807, 2.05) is 41.1 Å². The second-order valence-electron chi connectivity index (χ2n) is 7.12. The Morgan fingerprint density at radius 3 is 3.07 bits per heavy atom. The number of para-hydroxylation sites is 1. The van der Waals surface area contributed by atoms with E-state index >= 15 is 0 Å². The van der Waals surface area contributed by atoms with Gasteiger partial charge in [-0.05, 0) is 12.5 Å². The van der Waals surface area contributed by atoms with Crippen LogP contribution in [0.5, 0.6) is 0 Å². The van der Waals surface area contributed by atoms with Gasteiger partial charge in [0.2, 0.25) is 5.91 Å². The van der Waals surface area contributed by atoms with Crippen LogP contribution in [0.2, 0.25) is 5.15 Å². The summed E-state index contributed by atoms with van der Waals surface area (Å²) in [5.41, 5.74) is 3.28. The van der Waals surface area contributed by atoms with Crippen molar-refractivity contribution in [3.63, 3.8) is 0 Å². The molecule has 1 aliphatic heterocycles. The maximum atomic E-state index is 11.9. The van der Waals surface area contributed by atoms with Gasteiger partial charge in [-0.2, -0.15) is 0 Å². The Bertz CT molecular complexity index is 1210. The predicted molar refractivity (Wildman–Crippen MR) is 113 cm³/mol. The summed E-state index contributed by atoms with van der Waals surface area (Å²) in [4.78, 5) is 24.4. The molecule has 0 unspecified atom stereocenters. The zero-order valence-electron chi connectivity index (χ0n) is 15.7. The molecule has 4 N–H and O–H groups in total. The summed E-state index contributed by atoms with van der Waals surface area (Å²) in [6, 6.07) is 7.88. The lowest BCUT2D eigenvalue weighted by Crippen LogP contribution is -2.38. The molecule has 4 heterocycles. The smallest absolute Gasteiger partial charge is 0.236 e. The Kier molecular flexibility index (Phi) is 4.37. The molecule has 1 saturated heterocycles. The van der Waals surface area contributed by atoms with E-state index in [-0.39, 0.29) is 18.0 Å². The molecule has 148 valence electrons. The third-order valence-electron chi connectivity index (χ3n) is 5.36. The van der Waals surface area contributed by atoms with E-state index in [1.54, 1.807) is 13.2 Å². The number of halogens is 1. The quantitative estimate of drug-likeness (QED) is 0.415. The molecule has 2 atom stereocenters. The molecule has 9 heteroatoms. The summed E-state index contributed by atoms with van der Waals surface area (Å²) >= 11 is 6.70. The maximum absolute atomic E-state index is 11.9. The third kappa shape index (κ3) is 3.01. The molecule has 1 amide bonds. The van der Waals surface area contributed by atoms with Crippen LogP contribution in [-0.4, -0.2) is 50.9 Å². The molecule has 4 aromatic rings. The lowest BCUT2D eigenvalue weighted by atomic mass is 10.1. The number of benzene rings is 1. The lowest BCUT2D eigenvalue weighted by molar-refractivity contribution is -0.122. The van der Waals surface area contributed by atoms with Gasteiger partial charge < -0.3 is 20.9 Å². The van der Waals surface area contributed by atoms with Crippen molar-refractivity contribution in [1.82, 2.24) is 30.0 Å². The van der Waals surface area contributed by atoms with Gasteiger partial charge in [-0.15, -0.1) is 0 Å². The molecule has 0 spiro atoms. The van der Waals surface area contributed by atoms with Crippen LogP contribution in [0, 0.1) is 0 Å². The van der Waals surface area contributed by atoms with Crippen LogP contribution in [-0.2, 0) is 4.79 Å².